The molecule has 4 nitrogen and oxygen atoms in total. The van der Waals surface area contributed by atoms with E-state index in [-0.39, 0.29) is 0 Å². The first-order chi connectivity index (χ1) is 11.1. The van der Waals surface area contributed by atoms with Gasteiger partial charge in [-0.25, -0.2) is 9.97 Å². The second-order valence-electron chi connectivity index (χ2n) is 6.68. The molecule has 1 aliphatic rings. The Labute approximate surface area is 138 Å². The van der Waals surface area contributed by atoms with Gasteiger partial charge in [0.05, 0.1) is 5.69 Å². The van der Waals surface area contributed by atoms with Crippen molar-refractivity contribution in [2.24, 2.45) is 11.7 Å². The normalized spacial score (nSPS) is 15.9. The first-order valence-corrected chi connectivity index (χ1v) is 8.45. The lowest BCUT2D eigenvalue weighted by molar-refractivity contribution is 0.411. The van der Waals surface area contributed by atoms with Crippen LogP contribution in [0.3, 0.4) is 0 Å². The van der Waals surface area contributed by atoms with Crippen LogP contribution in [0.1, 0.15) is 29.7 Å². The molecule has 1 aliphatic heterocycles. The van der Waals surface area contributed by atoms with Gasteiger partial charge in [-0.15, -0.1) is 0 Å². The minimum absolute atomic E-state index is 0.648. The highest BCUT2D eigenvalue weighted by atomic mass is 15.3. The Morgan fingerprint density at radius 3 is 2.48 bits per heavy atom. The van der Waals surface area contributed by atoms with Crippen LogP contribution in [-0.2, 0) is 0 Å². The number of rotatable bonds is 3. The molecule has 1 aromatic heterocycles. The zero-order chi connectivity index (χ0) is 16.4. The zero-order valence-electron chi connectivity index (χ0n) is 14.3. The Balaban J connectivity index is 1.90. The molecule has 122 valence electrons. The molecule has 3 rings (SSSR count). The van der Waals surface area contributed by atoms with Crippen LogP contribution in [0, 0.1) is 26.7 Å². The largest absolute Gasteiger partial charge is 0.341 e. The molecule has 1 saturated heterocycles. The Morgan fingerprint density at radius 2 is 1.83 bits per heavy atom. The van der Waals surface area contributed by atoms with Gasteiger partial charge in [-0.2, -0.15) is 0 Å². The second kappa shape index (κ2) is 6.67. The lowest BCUT2D eigenvalue weighted by Gasteiger charge is -2.31. The number of aryl methyl sites for hydroxylation is 3. The Hall–Kier alpha value is -1.94. The van der Waals surface area contributed by atoms with E-state index >= 15 is 0 Å². The summed E-state index contributed by atoms with van der Waals surface area (Å²) in [5, 5.41) is 0. The maximum atomic E-state index is 5.79. The van der Waals surface area contributed by atoms with Crippen molar-refractivity contribution in [2.45, 2.75) is 33.6 Å². The first-order valence-electron chi connectivity index (χ1n) is 8.45. The van der Waals surface area contributed by atoms with Crippen molar-refractivity contribution in [3.63, 3.8) is 0 Å². The maximum absolute atomic E-state index is 5.79. The molecule has 0 unspecified atom stereocenters. The first kappa shape index (κ1) is 15.9. The van der Waals surface area contributed by atoms with E-state index in [9.17, 15) is 0 Å². The summed E-state index contributed by atoms with van der Waals surface area (Å²) in [6, 6.07) is 8.59. The summed E-state index contributed by atoms with van der Waals surface area (Å²) in [6.07, 6.45) is 2.26. The predicted molar refractivity (Wildman–Crippen MR) is 95.7 cm³/mol. The minimum Gasteiger partial charge on any atom is -0.341 e. The molecular weight excluding hydrogens is 284 g/mol. The van der Waals surface area contributed by atoms with Crippen LogP contribution in [0.4, 0.5) is 5.95 Å². The molecule has 1 aromatic carbocycles. The fraction of sp³-hybridized carbons (Fsp3) is 0.474. The molecular formula is C19H26N4. The molecule has 23 heavy (non-hydrogen) atoms. The lowest BCUT2D eigenvalue weighted by atomic mass is 9.97. The molecule has 0 aliphatic carbocycles. The highest BCUT2D eigenvalue weighted by molar-refractivity contribution is 5.65. The monoisotopic (exact) mass is 310 g/mol. The van der Waals surface area contributed by atoms with E-state index in [1.807, 2.05) is 6.92 Å². The van der Waals surface area contributed by atoms with Gasteiger partial charge in [0, 0.05) is 24.3 Å². The molecule has 2 N–H and O–H groups in total. The number of nitrogens with two attached hydrogens (primary N) is 1. The summed E-state index contributed by atoms with van der Waals surface area (Å²) in [6.45, 7) is 9.09. The highest BCUT2D eigenvalue weighted by Gasteiger charge is 2.20. The summed E-state index contributed by atoms with van der Waals surface area (Å²) in [5.41, 5.74) is 11.6. The maximum Gasteiger partial charge on any atom is 0.226 e. The highest BCUT2D eigenvalue weighted by Crippen LogP contribution is 2.26. The molecule has 2 heterocycles. The number of nitrogens with zero attached hydrogens (tertiary/aromatic N) is 3. The van der Waals surface area contributed by atoms with Gasteiger partial charge in [0.25, 0.3) is 0 Å². The van der Waals surface area contributed by atoms with Crippen molar-refractivity contribution in [3.8, 4) is 11.3 Å². The summed E-state index contributed by atoms with van der Waals surface area (Å²) < 4.78 is 0. The van der Waals surface area contributed by atoms with E-state index < -0.39 is 0 Å². The van der Waals surface area contributed by atoms with Gasteiger partial charge in [0.2, 0.25) is 5.95 Å². The van der Waals surface area contributed by atoms with E-state index in [1.54, 1.807) is 0 Å². The number of anilines is 1. The quantitative estimate of drug-likeness (QED) is 0.945. The van der Waals surface area contributed by atoms with Gasteiger partial charge in [0.1, 0.15) is 0 Å². The topological polar surface area (TPSA) is 55.0 Å². The van der Waals surface area contributed by atoms with Gasteiger partial charge in [-0.3, -0.25) is 0 Å². The van der Waals surface area contributed by atoms with E-state index in [4.69, 9.17) is 10.7 Å². The molecule has 0 radical (unpaired) electrons. The van der Waals surface area contributed by atoms with Crippen LogP contribution < -0.4 is 10.6 Å². The van der Waals surface area contributed by atoms with Gasteiger partial charge in [-0.05, 0) is 57.7 Å². The van der Waals surface area contributed by atoms with Crippen LogP contribution in [0.25, 0.3) is 11.3 Å². The fourth-order valence-corrected chi connectivity index (χ4v) is 3.30. The number of hydrogen-bond donors (Lipinski definition) is 1. The fourth-order valence-electron chi connectivity index (χ4n) is 3.30. The molecule has 0 amide bonds. The standard InChI is InChI=1S/C19H26N4/c1-13-4-5-17(14(2)10-13)18-11-15(3)21-19(22-18)23-8-6-16(12-20)7-9-23/h4-5,10-11,16H,6-9,12,20H2,1-3H3. The van der Waals surface area contributed by atoms with E-state index in [1.165, 1.54) is 16.7 Å². The minimum atomic E-state index is 0.648. The Kier molecular flexibility index (Phi) is 4.62. The van der Waals surface area contributed by atoms with E-state index in [2.05, 4.69) is 48.0 Å². The molecule has 2 aromatic rings. The number of aromatic nitrogens is 2. The smallest absolute Gasteiger partial charge is 0.226 e. The van der Waals surface area contributed by atoms with Crippen molar-refractivity contribution >= 4 is 5.95 Å². The third kappa shape index (κ3) is 3.53. The van der Waals surface area contributed by atoms with Crippen molar-refractivity contribution in [1.29, 1.82) is 0 Å². The van der Waals surface area contributed by atoms with Crippen molar-refractivity contribution in [1.82, 2.24) is 9.97 Å². The Bertz CT molecular complexity index is 688. The molecule has 4 heteroatoms. The van der Waals surface area contributed by atoms with Gasteiger partial charge < -0.3 is 10.6 Å². The number of hydrogen-bond acceptors (Lipinski definition) is 4. The second-order valence-corrected chi connectivity index (χ2v) is 6.68. The van der Waals surface area contributed by atoms with Crippen molar-refractivity contribution < 1.29 is 0 Å². The van der Waals surface area contributed by atoms with Crippen LogP contribution >= 0.6 is 0 Å². The number of piperidine rings is 1. The summed E-state index contributed by atoms with van der Waals surface area (Å²) >= 11 is 0. The van der Waals surface area contributed by atoms with E-state index in [0.29, 0.717) is 5.92 Å². The number of benzene rings is 1. The van der Waals surface area contributed by atoms with Crippen molar-refractivity contribution in [2.75, 3.05) is 24.5 Å². The van der Waals surface area contributed by atoms with Gasteiger partial charge in [-0.1, -0.05) is 23.8 Å². The zero-order valence-corrected chi connectivity index (χ0v) is 14.3. The average Bonchev–Trinajstić information content (AvgIpc) is 2.54. The summed E-state index contributed by atoms with van der Waals surface area (Å²) in [7, 11) is 0. The summed E-state index contributed by atoms with van der Waals surface area (Å²) in [5.74, 6) is 1.50. The Morgan fingerprint density at radius 1 is 1.09 bits per heavy atom. The molecule has 0 bridgehead atoms. The molecule has 0 atom stereocenters. The SMILES string of the molecule is Cc1ccc(-c2cc(C)nc(N3CCC(CN)CC3)n2)c(C)c1. The molecule has 0 saturated carbocycles. The van der Waals surface area contributed by atoms with Crippen molar-refractivity contribution in [3.05, 3.63) is 41.1 Å². The van der Waals surface area contributed by atoms with E-state index in [0.717, 1.165) is 49.8 Å². The third-order valence-electron chi connectivity index (χ3n) is 4.73. The van der Waals surface area contributed by atoms with Crippen LogP contribution in [0.15, 0.2) is 24.3 Å². The predicted octanol–water partition coefficient (Wildman–Crippen LogP) is 3.24. The molecule has 1 fully saturated rings. The van der Waals surface area contributed by atoms with Crippen LogP contribution in [0.5, 0.6) is 0 Å². The lowest BCUT2D eigenvalue weighted by Crippen LogP contribution is -2.37. The van der Waals surface area contributed by atoms with Crippen LogP contribution in [-0.4, -0.2) is 29.6 Å². The average molecular weight is 310 g/mol. The van der Waals surface area contributed by atoms with Crippen LogP contribution in [0.2, 0.25) is 0 Å². The molecule has 0 spiro atoms. The van der Waals surface area contributed by atoms with Gasteiger partial charge >= 0.3 is 0 Å². The third-order valence-corrected chi connectivity index (χ3v) is 4.73. The van der Waals surface area contributed by atoms with Gasteiger partial charge in [0.15, 0.2) is 0 Å². The summed E-state index contributed by atoms with van der Waals surface area (Å²) in [4.78, 5) is 11.8.